The van der Waals surface area contributed by atoms with E-state index in [1.807, 2.05) is 43.1 Å². The lowest BCUT2D eigenvalue weighted by atomic mass is 10.1. The maximum absolute atomic E-state index is 10.3. The smallest absolute Gasteiger partial charge is 0.241 e. The van der Waals surface area contributed by atoms with E-state index in [-0.39, 0.29) is 0 Å². The molecule has 1 saturated heterocycles. The van der Waals surface area contributed by atoms with Gasteiger partial charge in [0.2, 0.25) is 11.7 Å². The Morgan fingerprint density at radius 1 is 1.32 bits per heavy atom. The van der Waals surface area contributed by atoms with E-state index < -0.39 is 6.10 Å². The molecule has 0 aliphatic carbocycles. The van der Waals surface area contributed by atoms with E-state index in [4.69, 9.17) is 9.26 Å². The van der Waals surface area contributed by atoms with Gasteiger partial charge in [-0.2, -0.15) is 4.98 Å². The number of benzene rings is 1. The number of morpholine rings is 1. The number of aliphatic hydroxyl groups excluding tert-OH is 1. The quantitative estimate of drug-likeness (QED) is 0.806. The minimum Gasteiger partial charge on any atom is -0.390 e. The van der Waals surface area contributed by atoms with Crippen molar-refractivity contribution in [1.82, 2.24) is 19.9 Å². The summed E-state index contributed by atoms with van der Waals surface area (Å²) >= 11 is 0. The summed E-state index contributed by atoms with van der Waals surface area (Å²) < 4.78 is 10.7. The number of aliphatic hydroxyl groups is 1. The van der Waals surface area contributed by atoms with Crippen molar-refractivity contribution in [3.63, 3.8) is 0 Å². The van der Waals surface area contributed by atoms with Gasteiger partial charge in [-0.15, -0.1) is 0 Å². The molecule has 3 rings (SSSR count). The molecule has 136 valence electrons. The zero-order valence-corrected chi connectivity index (χ0v) is 14.9. The first-order valence-corrected chi connectivity index (χ1v) is 8.66. The molecule has 7 nitrogen and oxygen atoms in total. The van der Waals surface area contributed by atoms with Crippen LogP contribution in [0.5, 0.6) is 0 Å². The Kier molecular flexibility index (Phi) is 6.14. The van der Waals surface area contributed by atoms with Crippen LogP contribution < -0.4 is 0 Å². The zero-order chi connectivity index (χ0) is 17.6. The Morgan fingerprint density at radius 3 is 2.88 bits per heavy atom. The number of hydrogen-bond acceptors (Lipinski definition) is 7. The molecule has 7 heteroatoms. The highest BCUT2D eigenvalue weighted by Crippen LogP contribution is 2.17. The normalized spacial score (nSPS) is 17.1. The van der Waals surface area contributed by atoms with E-state index in [1.165, 1.54) is 0 Å². The Hall–Kier alpha value is -1.80. The molecule has 0 radical (unpaired) electrons. The third-order valence-electron chi connectivity index (χ3n) is 4.24. The SMILES string of the molecule is Cc1cccc(-c2noc(CN(C)CC(O)CN3CCOCC3)n2)c1. The number of nitrogens with zero attached hydrogens (tertiary/aromatic N) is 4. The standard InChI is InChI=1S/C18H26N4O3/c1-14-4-3-5-15(10-14)18-19-17(25-20-18)13-21(2)11-16(23)12-22-6-8-24-9-7-22/h3-5,10,16,23H,6-9,11-13H2,1-2H3. The van der Waals surface area contributed by atoms with Crippen LogP contribution in [0, 0.1) is 6.92 Å². The predicted octanol–water partition coefficient (Wildman–Crippen LogP) is 1.17. The number of likely N-dealkylation sites (N-methyl/N-ethyl adjacent to an activating group) is 1. The van der Waals surface area contributed by atoms with Gasteiger partial charge in [-0.3, -0.25) is 9.80 Å². The van der Waals surface area contributed by atoms with E-state index in [0.717, 1.165) is 37.4 Å². The van der Waals surface area contributed by atoms with Crippen molar-refractivity contribution in [2.45, 2.75) is 19.6 Å². The average molecular weight is 346 g/mol. The number of ether oxygens (including phenoxy) is 1. The summed E-state index contributed by atoms with van der Waals surface area (Å²) in [5.74, 6) is 1.15. The number of β-amino-alcohol motifs (C(OH)–C–C–N with tert-alkyl or cyclic N) is 1. The van der Waals surface area contributed by atoms with E-state index in [0.29, 0.717) is 31.3 Å². The average Bonchev–Trinajstić information content (AvgIpc) is 3.04. The fourth-order valence-electron chi connectivity index (χ4n) is 3.02. The number of aryl methyl sites for hydroxylation is 1. The highest BCUT2D eigenvalue weighted by Gasteiger charge is 2.17. The van der Waals surface area contributed by atoms with Crippen LogP contribution >= 0.6 is 0 Å². The van der Waals surface area contributed by atoms with Gasteiger partial charge in [-0.25, -0.2) is 0 Å². The summed E-state index contributed by atoms with van der Waals surface area (Å²) in [6.07, 6.45) is -0.415. The molecular formula is C18H26N4O3. The molecule has 0 saturated carbocycles. The molecule has 2 heterocycles. The lowest BCUT2D eigenvalue weighted by Crippen LogP contribution is -2.43. The Balaban J connectivity index is 1.50. The largest absolute Gasteiger partial charge is 0.390 e. The molecular weight excluding hydrogens is 320 g/mol. The monoisotopic (exact) mass is 346 g/mol. The summed E-state index contributed by atoms with van der Waals surface area (Å²) in [4.78, 5) is 8.68. The zero-order valence-electron chi connectivity index (χ0n) is 14.9. The van der Waals surface area contributed by atoms with Crippen molar-refractivity contribution in [1.29, 1.82) is 0 Å². The second-order valence-electron chi connectivity index (χ2n) is 6.64. The summed E-state index contributed by atoms with van der Waals surface area (Å²) in [6.45, 7) is 7.01. The van der Waals surface area contributed by atoms with Gasteiger partial charge in [0.15, 0.2) is 0 Å². The van der Waals surface area contributed by atoms with Crippen LogP contribution in [-0.4, -0.2) is 77.6 Å². The molecule has 2 aromatic rings. The van der Waals surface area contributed by atoms with Crippen LogP contribution in [0.15, 0.2) is 28.8 Å². The first kappa shape index (κ1) is 18.0. The summed E-state index contributed by atoms with van der Waals surface area (Å²) in [6, 6.07) is 8.02. The van der Waals surface area contributed by atoms with Crippen molar-refractivity contribution in [3.8, 4) is 11.4 Å². The lowest BCUT2D eigenvalue weighted by Gasteiger charge is -2.29. The lowest BCUT2D eigenvalue weighted by molar-refractivity contribution is 0.00773. The third kappa shape index (κ3) is 5.34. The minimum absolute atomic E-state index is 0.415. The molecule has 1 fully saturated rings. The minimum atomic E-state index is -0.415. The number of rotatable bonds is 7. The van der Waals surface area contributed by atoms with Crippen LogP contribution in [0.2, 0.25) is 0 Å². The second kappa shape index (κ2) is 8.53. The van der Waals surface area contributed by atoms with Crippen molar-refractivity contribution in [2.75, 3.05) is 46.4 Å². The number of aromatic nitrogens is 2. The first-order chi connectivity index (χ1) is 12.1. The molecule has 1 unspecified atom stereocenters. The predicted molar refractivity (Wildman–Crippen MR) is 94.1 cm³/mol. The Bertz CT molecular complexity index is 670. The highest BCUT2D eigenvalue weighted by atomic mass is 16.5. The van der Waals surface area contributed by atoms with E-state index in [1.54, 1.807) is 0 Å². The van der Waals surface area contributed by atoms with Gasteiger partial charge in [-0.1, -0.05) is 28.9 Å². The number of hydrogen-bond donors (Lipinski definition) is 1. The molecule has 0 bridgehead atoms. The van der Waals surface area contributed by atoms with Gasteiger partial charge in [0.1, 0.15) is 0 Å². The van der Waals surface area contributed by atoms with Crippen LogP contribution in [0.3, 0.4) is 0 Å². The van der Waals surface area contributed by atoms with Gasteiger partial charge in [-0.05, 0) is 20.0 Å². The van der Waals surface area contributed by atoms with Gasteiger partial charge in [0, 0.05) is 31.7 Å². The van der Waals surface area contributed by atoms with E-state index in [9.17, 15) is 5.11 Å². The van der Waals surface area contributed by atoms with Crippen LogP contribution in [0.4, 0.5) is 0 Å². The molecule has 0 amide bonds. The van der Waals surface area contributed by atoms with Crippen LogP contribution in [-0.2, 0) is 11.3 Å². The van der Waals surface area contributed by atoms with Gasteiger partial charge in [0.25, 0.3) is 0 Å². The molecule has 1 aliphatic rings. The molecule has 25 heavy (non-hydrogen) atoms. The van der Waals surface area contributed by atoms with Crippen LogP contribution in [0.1, 0.15) is 11.5 Å². The first-order valence-electron chi connectivity index (χ1n) is 8.66. The fourth-order valence-corrected chi connectivity index (χ4v) is 3.02. The third-order valence-corrected chi connectivity index (χ3v) is 4.24. The van der Waals surface area contributed by atoms with Crippen molar-refractivity contribution in [2.24, 2.45) is 0 Å². The second-order valence-corrected chi connectivity index (χ2v) is 6.64. The van der Waals surface area contributed by atoms with Crippen LogP contribution in [0.25, 0.3) is 11.4 Å². The van der Waals surface area contributed by atoms with E-state index in [2.05, 4.69) is 15.0 Å². The molecule has 1 N–H and O–H groups in total. The maximum Gasteiger partial charge on any atom is 0.241 e. The van der Waals surface area contributed by atoms with Crippen molar-refractivity contribution < 1.29 is 14.4 Å². The summed E-state index contributed by atoms with van der Waals surface area (Å²) in [5, 5.41) is 14.3. The fraction of sp³-hybridized carbons (Fsp3) is 0.556. The van der Waals surface area contributed by atoms with Crippen molar-refractivity contribution >= 4 is 0 Å². The summed E-state index contributed by atoms with van der Waals surface area (Å²) in [7, 11) is 1.94. The van der Waals surface area contributed by atoms with Gasteiger partial charge >= 0.3 is 0 Å². The molecule has 1 atom stereocenters. The van der Waals surface area contributed by atoms with Gasteiger partial charge in [0.05, 0.1) is 25.9 Å². The van der Waals surface area contributed by atoms with Crippen molar-refractivity contribution in [3.05, 3.63) is 35.7 Å². The molecule has 1 aromatic carbocycles. The highest BCUT2D eigenvalue weighted by molar-refractivity contribution is 5.55. The topological polar surface area (TPSA) is 74.9 Å². The molecule has 0 spiro atoms. The Morgan fingerprint density at radius 2 is 2.12 bits per heavy atom. The van der Waals surface area contributed by atoms with Gasteiger partial charge < -0.3 is 14.4 Å². The maximum atomic E-state index is 10.3. The Labute approximate surface area is 148 Å². The van der Waals surface area contributed by atoms with E-state index >= 15 is 0 Å². The molecule has 1 aliphatic heterocycles. The molecule has 1 aromatic heterocycles. The summed E-state index contributed by atoms with van der Waals surface area (Å²) in [5.41, 5.74) is 2.11.